The number of carbonyl (C=O) groups is 1. The van der Waals surface area contributed by atoms with E-state index in [1.165, 1.54) is 35.6 Å². The van der Waals surface area contributed by atoms with E-state index in [-0.39, 0.29) is 34.4 Å². The van der Waals surface area contributed by atoms with Crippen molar-refractivity contribution in [3.63, 3.8) is 0 Å². The number of hydrogen-bond acceptors (Lipinski definition) is 5. The van der Waals surface area contributed by atoms with Gasteiger partial charge in [-0.2, -0.15) is 18.3 Å². The summed E-state index contributed by atoms with van der Waals surface area (Å²) in [5, 5.41) is 20.4. The molecule has 0 unspecified atom stereocenters. The van der Waals surface area contributed by atoms with Crippen molar-refractivity contribution >= 4 is 40.4 Å². The van der Waals surface area contributed by atoms with Crippen LogP contribution in [0.15, 0.2) is 41.8 Å². The Labute approximate surface area is 171 Å². The number of nitrogens with one attached hydrogen (secondary N) is 2. The molecule has 29 heavy (non-hydrogen) atoms. The van der Waals surface area contributed by atoms with Crippen LogP contribution in [-0.2, 0) is 0 Å². The molecule has 1 aromatic carbocycles. The van der Waals surface area contributed by atoms with Crippen molar-refractivity contribution in [2.75, 3.05) is 10.6 Å². The molecular weight excluding hydrogens is 429 g/mol. The number of fused-ring (bicyclic) bond motifs is 1. The zero-order valence-corrected chi connectivity index (χ0v) is 16.1. The van der Waals surface area contributed by atoms with Crippen molar-refractivity contribution in [1.82, 2.24) is 9.78 Å². The average molecular weight is 443 g/mol. The lowest BCUT2D eigenvalue weighted by molar-refractivity contribution is -0.173. The van der Waals surface area contributed by atoms with Crippen LogP contribution in [0.2, 0.25) is 5.02 Å². The summed E-state index contributed by atoms with van der Waals surface area (Å²) in [5.41, 5.74) is -0.0765. The van der Waals surface area contributed by atoms with Crippen molar-refractivity contribution in [3.8, 4) is 5.75 Å². The average Bonchev–Trinajstić information content (AvgIpc) is 3.29. The third kappa shape index (κ3) is 3.77. The van der Waals surface area contributed by atoms with Gasteiger partial charge in [0.1, 0.15) is 16.6 Å². The van der Waals surface area contributed by atoms with E-state index < -0.39 is 24.2 Å². The van der Waals surface area contributed by atoms with Gasteiger partial charge in [-0.15, -0.1) is 11.3 Å². The van der Waals surface area contributed by atoms with Gasteiger partial charge in [-0.05, 0) is 23.6 Å². The fourth-order valence-electron chi connectivity index (χ4n) is 3.18. The third-order valence-corrected chi connectivity index (χ3v) is 5.85. The lowest BCUT2D eigenvalue weighted by Gasteiger charge is -2.32. The Morgan fingerprint density at radius 3 is 2.79 bits per heavy atom. The highest BCUT2D eigenvalue weighted by atomic mass is 35.5. The highest BCUT2D eigenvalue weighted by Crippen LogP contribution is 2.46. The number of rotatable bonds is 3. The van der Waals surface area contributed by atoms with Gasteiger partial charge in [-0.1, -0.05) is 23.7 Å². The van der Waals surface area contributed by atoms with Crippen molar-refractivity contribution < 1.29 is 23.1 Å². The van der Waals surface area contributed by atoms with Gasteiger partial charge in [0.15, 0.2) is 11.7 Å². The molecule has 4 rings (SSSR count). The summed E-state index contributed by atoms with van der Waals surface area (Å²) in [7, 11) is 0. The maximum absolute atomic E-state index is 13.7. The van der Waals surface area contributed by atoms with E-state index in [1.807, 2.05) is 0 Å². The van der Waals surface area contributed by atoms with Crippen LogP contribution in [0.1, 0.15) is 33.9 Å². The van der Waals surface area contributed by atoms with Crippen LogP contribution in [0.4, 0.5) is 24.7 Å². The van der Waals surface area contributed by atoms with Gasteiger partial charge in [0, 0.05) is 23.1 Å². The highest BCUT2D eigenvalue weighted by Gasteiger charge is 2.48. The number of nitrogens with zero attached hydrogens (tertiary/aromatic N) is 2. The fraction of sp³-hybridized carbons (Fsp3) is 0.222. The molecule has 0 radical (unpaired) electrons. The molecule has 0 saturated heterocycles. The summed E-state index contributed by atoms with van der Waals surface area (Å²) in [6.45, 7) is 0. The number of phenols is 1. The summed E-state index contributed by atoms with van der Waals surface area (Å²) in [6.07, 6.45) is -4.84. The smallest absolute Gasteiger partial charge is 0.410 e. The normalized spacial score (nSPS) is 18.8. The maximum Gasteiger partial charge on any atom is 0.410 e. The topological polar surface area (TPSA) is 79.2 Å². The predicted molar refractivity (Wildman–Crippen MR) is 104 cm³/mol. The predicted octanol–water partition coefficient (Wildman–Crippen LogP) is 5.22. The first kappa shape index (κ1) is 19.6. The number of aromatic nitrogens is 2. The molecule has 2 aromatic heterocycles. The number of halogens is 4. The maximum atomic E-state index is 13.7. The quantitative estimate of drug-likeness (QED) is 0.520. The van der Waals surface area contributed by atoms with E-state index in [9.17, 15) is 23.1 Å². The molecule has 0 aliphatic carbocycles. The first-order valence-corrected chi connectivity index (χ1v) is 9.75. The van der Waals surface area contributed by atoms with Gasteiger partial charge in [0.05, 0.1) is 6.04 Å². The number of carbonyl (C=O) groups excluding carboxylic acids is 1. The Kier molecular flexibility index (Phi) is 4.91. The van der Waals surface area contributed by atoms with Crippen LogP contribution < -0.4 is 10.6 Å². The zero-order chi connectivity index (χ0) is 20.8. The molecular formula is C18H14ClF3N4O2S. The minimum absolute atomic E-state index is 0.0558. The van der Waals surface area contributed by atoms with Gasteiger partial charge in [0.25, 0.3) is 5.91 Å². The number of benzene rings is 1. The number of anilines is 2. The lowest BCUT2D eigenvalue weighted by Crippen LogP contribution is -2.35. The van der Waals surface area contributed by atoms with Crippen molar-refractivity contribution in [2.24, 2.45) is 0 Å². The molecule has 6 nitrogen and oxygen atoms in total. The molecule has 1 aliphatic heterocycles. The number of alkyl halides is 3. The van der Waals surface area contributed by atoms with Gasteiger partial charge >= 0.3 is 6.18 Å². The molecule has 3 heterocycles. The first-order chi connectivity index (χ1) is 13.7. The summed E-state index contributed by atoms with van der Waals surface area (Å²) in [4.78, 5) is 13.3. The molecule has 11 heteroatoms. The molecule has 3 aromatic rings. The van der Waals surface area contributed by atoms with E-state index >= 15 is 0 Å². The molecule has 3 N–H and O–H groups in total. The Hall–Kier alpha value is -2.72. The van der Waals surface area contributed by atoms with E-state index in [0.717, 1.165) is 9.56 Å². The number of phenolic OH excluding ortho intramolecular Hbond substituents is 1. The van der Waals surface area contributed by atoms with Crippen LogP contribution in [0.25, 0.3) is 0 Å². The minimum atomic E-state index is -4.57. The standard InChI is InChI=1S/C18H14ClF3N4O2S/c19-14-15(17(28)23-9-3-1-4-10(27)7-9)25-26-13(18(20,21)22)8-11(24-16(14)26)12-5-2-6-29-12/h1-7,11,13,24,27H,8H2,(H,23,28)/t11-,13-/m1/s1. The van der Waals surface area contributed by atoms with Crippen molar-refractivity contribution in [3.05, 3.63) is 57.4 Å². The van der Waals surface area contributed by atoms with E-state index in [1.54, 1.807) is 17.5 Å². The largest absolute Gasteiger partial charge is 0.508 e. The molecule has 1 aliphatic rings. The second kappa shape index (κ2) is 7.27. The van der Waals surface area contributed by atoms with Crippen molar-refractivity contribution in [2.45, 2.75) is 24.7 Å². The van der Waals surface area contributed by atoms with Crippen LogP contribution >= 0.6 is 22.9 Å². The summed E-state index contributed by atoms with van der Waals surface area (Å²) in [6, 6.07) is 6.71. The van der Waals surface area contributed by atoms with Crippen LogP contribution in [0.5, 0.6) is 5.75 Å². The molecule has 2 atom stereocenters. The molecule has 1 amide bonds. The van der Waals surface area contributed by atoms with Gasteiger partial charge in [-0.3, -0.25) is 4.79 Å². The molecule has 0 bridgehead atoms. The van der Waals surface area contributed by atoms with Gasteiger partial charge < -0.3 is 15.7 Å². The third-order valence-electron chi connectivity index (χ3n) is 4.50. The lowest BCUT2D eigenvalue weighted by atomic mass is 10.0. The van der Waals surface area contributed by atoms with E-state index in [2.05, 4.69) is 15.7 Å². The second-order valence-corrected chi connectivity index (χ2v) is 7.82. The molecule has 0 fully saturated rings. The fourth-order valence-corrected chi connectivity index (χ4v) is 4.24. The Bertz CT molecular complexity index is 1050. The van der Waals surface area contributed by atoms with Gasteiger partial charge in [0.2, 0.25) is 0 Å². The number of hydrogen-bond donors (Lipinski definition) is 3. The summed E-state index contributed by atoms with van der Waals surface area (Å²) in [5.74, 6) is -0.909. The molecule has 0 spiro atoms. The van der Waals surface area contributed by atoms with Crippen molar-refractivity contribution in [1.29, 1.82) is 0 Å². The van der Waals surface area contributed by atoms with Gasteiger partial charge in [-0.25, -0.2) is 4.68 Å². The molecule has 152 valence electrons. The highest BCUT2D eigenvalue weighted by molar-refractivity contribution is 7.10. The van der Waals surface area contributed by atoms with E-state index in [0.29, 0.717) is 0 Å². The van der Waals surface area contributed by atoms with Crippen LogP contribution in [0.3, 0.4) is 0 Å². The summed E-state index contributed by atoms with van der Waals surface area (Å²) >= 11 is 7.59. The van der Waals surface area contributed by atoms with E-state index in [4.69, 9.17) is 11.6 Å². The zero-order valence-electron chi connectivity index (χ0n) is 14.6. The Morgan fingerprint density at radius 1 is 1.34 bits per heavy atom. The second-order valence-electron chi connectivity index (χ2n) is 6.47. The Balaban J connectivity index is 1.70. The number of amides is 1. The Morgan fingerprint density at radius 2 is 2.14 bits per heavy atom. The monoisotopic (exact) mass is 442 g/mol. The first-order valence-electron chi connectivity index (χ1n) is 8.49. The SMILES string of the molecule is O=C(Nc1cccc(O)c1)c1nn2c(c1Cl)N[C@@H](c1cccs1)C[C@@H]2C(F)(F)F. The molecule has 0 saturated carbocycles. The minimum Gasteiger partial charge on any atom is -0.508 e. The van der Waals surface area contributed by atoms with Crippen LogP contribution in [0, 0.1) is 0 Å². The van der Waals surface area contributed by atoms with Crippen LogP contribution in [-0.4, -0.2) is 27.0 Å². The number of thiophene rings is 1. The summed E-state index contributed by atoms with van der Waals surface area (Å²) < 4.78 is 41.9. The number of aromatic hydroxyl groups is 1.